The molecule has 2 nitrogen and oxygen atoms in total. The molecule has 4 aliphatic carbocycles. The van der Waals surface area contributed by atoms with Crippen LogP contribution in [0.2, 0.25) is 0 Å². The third-order valence-electron chi connectivity index (χ3n) is 5.94. The van der Waals surface area contributed by atoms with Gasteiger partial charge < -0.3 is 5.32 Å². The zero-order valence-corrected chi connectivity index (χ0v) is 13.3. The van der Waals surface area contributed by atoms with Gasteiger partial charge in [0.25, 0.3) is 0 Å². The second-order valence-electron chi connectivity index (χ2n) is 8.52. The average Bonchev–Trinajstić information content (AvgIpc) is 2.29. The zero-order valence-electron chi connectivity index (χ0n) is 13.3. The molecule has 0 aliphatic heterocycles. The molecule has 1 N–H and O–H groups in total. The highest BCUT2D eigenvalue weighted by atomic mass is 16.2. The highest BCUT2D eigenvalue weighted by Gasteiger charge is 2.62. The Morgan fingerprint density at radius 2 is 1.80 bits per heavy atom. The van der Waals surface area contributed by atoms with Gasteiger partial charge in [-0.05, 0) is 68.6 Å². The molecule has 0 aromatic carbocycles. The fourth-order valence-electron chi connectivity index (χ4n) is 6.32. The number of carbonyl (C=O) groups is 1. The number of nitrogens with one attached hydrogen (secondary N) is 1. The van der Waals surface area contributed by atoms with Crippen molar-refractivity contribution in [1.82, 2.24) is 5.32 Å². The molecule has 4 bridgehead atoms. The highest BCUT2D eigenvalue weighted by Crippen LogP contribution is 2.69. The van der Waals surface area contributed by atoms with Gasteiger partial charge in [0, 0.05) is 6.54 Å². The minimum atomic E-state index is -0.0428. The lowest BCUT2D eigenvalue weighted by molar-refractivity contribution is -0.170. The Labute approximate surface area is 123 Å². The van der Waals surface area contributed by atoms with Gasteiger partial charge in [0.15, 0.2) is 0 Å². The normalized spacial score (nSPS) is 46.0. The molecule has 0 aromatic rings. The van der Waals surface area contributed by atoms with Crippen molar-refractivity contribution in [3.05, 3.63) is 12.2 Å². The average molecular weight is 275 g/mol. The largest absolute Gasteiger partial charge is 0.355 e. The summed E-state index contributed by atoms with van der Waals surface area (Å²) in [5.41, 5.74) is 0.808. The molecule has 1 amide bonds. The molecule has 0 saturated heterocycles. The lowest BCUT2D eigenvalue weighted by Crippen LogP contribution is -2.59. The van der Waals surface area contributed by atoms with Crippen molar-refractivity contribution in [1.29, 1.82) is 0 Å². The van der Waals surface area contributed by atoms with Gasteiger partial charge in [-0.3, -0.25) is 4.79 Å². The van der Waals surface area contributed by atoms with Gasteiger partial charge in [-0.1, -0.05) is 26.0 Å². The quantitative estimate of drug-likeness (QED) is 0.608. The van der Waals surface area contributed by atoms with Crippen LogP contribution in [-0.2, 0) is 4.79 Å². The van der Waals surface area contributed by atoms with E-state index in [1.165, 1.54) is 19.3 Å². The molecule has 4 saturated carbocycles. The summed E-state index contributed by atoms with van der Waals surface area (Å²) in [7, 11) is 0. The van der Waals surface area contributed by atoms with Crippen molar-refractivity contribution in [3.8, 4) is 0 Å². The van der Waals surface area contributed by atoms with E-state index in [0.29, 0.717) is 16.7 Å². The highest BCUT2D eigenvalue weighted by molar-refractivity contribution is 5.83. The lowest BCUT2D eigenvalue weighted by Gasteiger charge is -2.64. The standard InChI is InChI=1S/C18H29NO/c1-4-5-6-7-19-15(20)18-10-14-8-16(2,12-18)11-17(3,9-14)13-18/h4-5,14H,6-13H2,1-3H3,(H,19,20)/b5-4+. The van der Waals surface area contributed by atoms with Gasteiger partial charge in [0.2, 0.25) is 5.91 Å². The Balaban J connectivity index is 1.73. The van der Waals surface area contributed by atoms with Gasteiger partial charge in [0.05, 0.1) is 5.41 Å². The number of carbonyl (C=O) groups excluding carboxylic acids is 1. The van der Waals surface area contributed by atoms with Crippen LogP contribution in [0.3, 0.4) is 0 Å². The second-order valence-corrected chi connectivity index (χ2v) is 8.52. The number of hydrogen-bond acceptors (Lipinski definition) is 1. The molecular weight excluding hydrogens is 246 g/mol. The van der Waals surface area contributed by atoms with Crippen molar-refractivity contribution in [3.63, 3.8) is 0 Å². The maximum atomic E-state index is 12.8. The Bertz CT molecular complexity index is 421. The molecule has 2 heteroatoms. The van der Waals surface area contributed by atoms with Gasteiger partial charge in [-0.25, -0.2) is 0 Å². The summed E-state index contributed by atoms with van der Waals surface area (Å²) >= 11 is 0. The molecular formula is C18H29NO. The van der Waals surface area contributed by atoms with E-state index in [2.05, 4.69) is 31.3 Å². The van der Waals surface area contributed by atoms with Gasteiger partial charge in [-0.15, -0.1) is 0 Å². The molecule has 112 valence electrons. The second kappa shape index (κ2) is 4.61. The summed E-state index contributed by atoms with van der Waals surface area (Å²) in [5.74, 6) is 1.14. The van der Waals surface area contributed by atoms with Crippen LogP contribution in [0, 0.1) is 22.2 Å². The van der Waals surface area contributed by atoms with E-state index in [-0.39, 0.29) is 5.41 Å². The van der Waals surface area contributed by atoms with Crippen LogP contribution < -0.4 is 5.32 Å². The summed E-state index contributed by atoms with van der Waals surface area (Å²) in [4.78, 5) is 12.8. The molecule has 0 heterocycles. The van der Waals surface area contributed by atoms with Gasteiger partial charge >= 0.3 is 0 Å². The Hall–Kier alpha value is -0.790. The Morgan fingerprint density at radius 3 is 2.35 bits per heavy atom. The van der Waals surface area contributed by atoms with Crippen LogP contribution in [0.4, 0.5) is 0 Å². The molecule has 20 heavy (non-hydrogen) atoms. The van der Waals surface area contributed by atoms with Crippen molar-refractivity contribution < 1.29 is 4.79 Å². The molecule has 0 spiro atoms. The zero-order chi connectivity index (χ0) is 14.4. The van der Waals surface area contributed by atoms with Crippen molar-refractivity contribution in [2.45, 2.75) is 65.7 Å². The number of rotatable bonds is 4. The van der Waals surface area contributed by atoms with Crippen LogP contribution in [0.25, 0.3) is 0 Å². The first-order valence-corrected chi connectivity index (χ1v) is 8.28. The number of allylic oxidation sites excluding steroid dienone is 1. The summed E-state index contributed by atoms with van der Waals surface area (Å²) in [6.45, 7) is 7.68. The van der Waals surface area contributed by atoms with Crippen LogP contribution in [0.1, 0.15) is 65.7 Å². The van der Waals surface area contributed by atoms with E-state index < -0.39 is 0 Å². The van der Waals surface area contributed by atoms with E-state index in [1.54, 1.807) is 0 Å². The van der Waals surface area contributed by atoms with Crippen LogP contribution in [0.5, 0.6) is 0 Å². The predicted molar refractivity (Wildman–Crippen MR) is 82.3 cm³/mol. The smallest absolute Gasteiger partial charge is 0.226 e. The lowest BCUT2D eigenvalue weighted by atomic mass is 9.40. The van der Waals surface area contributed by atoms with Gasteiger partial charge in [-0.2, -0.15) is 0 Å². The van der Waals surface area contributed by atoms with E-state index in [9.17, 15) is 4.79 Å². The van der Waals surface area contributed by atoms with Crippen molar-refractivity contribution in [2.75, 3.05) is 6.54 Å². The molecule has 0 radical (unpaired) electrons. The van der Waals surface area contributed by atoms with Crippen molar-refractivity contribution in [2.24, 2.45) is 22.2 Å². The van der Waals surface area contributed by atoms with E-state index in [0.717, 1.165) is 38.1 Å². The number of amides is 1. The third-order valence-corrected chi connectivity index (χ3v) is 5.94. The first-order valence-electron chi connectivity index (χ1n) is 8.28. The minimum Gasteiger partial charge on any atom is -0.355 e. The Morgan fingerprint density at radius 1 is 1.15 bits per heavy atom. The summed E-state index contributed by atoms with van der Waals surface area (Å²) in [6.07, 6.45) is 12.6. The first kappa shape index (κ1) is 14.2. The maximum Gasteiger partial charge on any atom is 0.226 e. The fourth-order valence-corrected chi connectivity index (χ4v) is 6.32. The first-order chi connectivity index (χ1) is 9.39. The van der Waals surface area contributed by atoms with Gasteiger partial charge in [0.1, 0.15) is 0 Å². The van der Waals surface area contributed by atoms with Crippen LogP contribution >= 0.6 is 0 Å². The predicted octanol–water partition coefficient (Wildman–Crippen LogP) is 4.07. The fraction of sp³-hybridized carbons (Fsp3) is 0.833. The SMILES string of the molecule is C/C=C/CCNC(=O)C12CC3CC(C)(CC(C)(C3)C1)C2. The van der Waals surface area contributed by atoms with E-state index in [1.807, 2.05) is 6.92 Å². The molecule has 4 rings (SSSR count). The van der Waals surface area contributed by atoms with Crippen LogP contribution in [0.15, 0.2) is 12.2 Å². The maximum absolute atomic E-state index is 12.8. The third kappa shape index (κ3) is 2.31. The van der Waals surface area contributed by atoms with E-state index in [4.69, 9.17) is 0 Å². The summed E-state index contributed by atoms with van der Waals surface area (Å²) in [5, 5.41) is 3.22. The number of hydrogen-bond donors (Lipinski definition) is 1. The van der Waals surface area contributed by atoms with Crippen LogP contribution in [-0.4, -0.2) is 12.5 Å². The summed E-state index contributed by atoms with van der Waals surface area (Å²) in [6, 6.07) is 0. The Kier molecular flexibility index (Phi) is 3.26. The molecule has 4 aliphatic rings. The molecule has 2 atom stereocenters. The molecule has 0 aromatic heterocycles. The summed E-state index contributed by atoms with van der Waals surface area (Å²) < 4.78 is 0. The topological polar surface area (TPSA) is 29.1 Å². The van der Waals surface area contributed by atoms with E-state index >= 15 is 0 Å². The molecule has 4 fully saturated rings. The molecule has 2 unspecified atom stereocenters. The van der Waals surface area contributed by atoms with Crippen molar-refractivity contribution >= 4 is 5.91 Å². The monoisotopic (exact) mass is 275 g/mol. The minimum absolute atomic E-state index is 0.0428.